The van der Waals surface area contributed by atoms with Crippen molar-refractivity contribution in [2.24, 2.45) is 0 Å². The molecule has 0 saturated carbocycles. The van der Waals surface area contributed by atoms with Gasteiger partial charge in [-0.25, -0.2) is 9.20 Å². The van der Waals surface area contributed by atoms with Gasteiger partial charge in [0, 0.05) is 15.7 Å². The van der Waals surface area contributed by atoms with Crippen LogP contribution in [0, 0.1) is 0 Å². The van der Waals surface area contributed by atoms with Gasteiger partial charge in [-0.15, -0.1) is 0 Å². The van der Waals surface area contributed by atoms with Gasteiger partial charge in [-0.2, -0.15) is 10.2 Å². The molecule has 2 aromatic carbocycles. The number of carbonyl (C=O) groups is 1. The average molecular weight is 454 g/mol. The average Bonchev–Trinajstić information content (AvgIpc) is 3.16. The van der Waals surface area contributed by atoms with E-state index in [0.717, 1.165) is 14.7 Å². The van der Waals surface area contributed by atoms with Gasteiger partial charge in [-0.3, -0.25) is 9.59 Å². The maximum absolute atomic E-state index is 12.7. The molecule has 146 valence electrons. The van der Waals surface area contributed by atoms with E-state index >= 15 is 0 Å². The second-order valence-corrected chi connectivity index (χ2v) is 7.15. The number of carbonyl (C=O) groups excluding carboxylic acids is 1. The minimum Gasteiger partial charge on any atom is -0.497 e. The van der Waals surface area contributed by atoms with E-state index in [4.69, 9.17) is 4.74 Å². The molecule has 4 aromatic rings. The number of hydrogen-bond acceptors (Lipinski definition) is 5. The van der Waals surface area contributed by atoms with E-state index in [9.17, 15) is 9.59 Å². The van der Waals surface area contributed by atoms with Gasteiger partial charge in [-0.05, 0) is 42.5 Å². The SMILES string of the molecule is COc1ccc(NC(=O)Cn2ncn3nc(-c4ccc(Br)cc4)cc3c2=O)cc1. The Labute approximate surface area is 173 Å². The molecule has 0 aliphatic rings. The van der Waals surface area contributed by atoms with Gasteiger partial charge in [0.2, 0.25) is 5.91 Å². The summed E-state index contributed by atoms with van der Waals surface area (Å²) in [6.07, 6.45) is 1.42. The minimum absolute atomic E-state index is 0.208. The highest BCUT2D eigenvalue weighted by atomic mass is 79.9. The van der Waals surface area contributed by atoms with E-state index in [1.165, 1.54) is 10.8 Å². The Morgan fingerprint density at radius 1 is 1.14 bits per heavy atom. The number of anilines is 1. The molecular weight excluding hydrogens is 438 g/mol. The molecule has 0 aliphatic heterocycles. The van der Waals surface area contributed by atoms with Crippen LogP contribution in [0.2, 0.25) is 0 Å². The van der Waals surface area contributed by atoms with Crippen molar-refractivity contribution in [2.45, 2.75) is 6.54 Å². The van der Waals surface area contributed by atoms with Gasteiger partial charge in [0.15, 0.2) is 0 Å². The largest absolute Gasteiger partial charge is 0.497 e. The van der Waals surface area contributed by atoms with Gasteiger partial charge in [0.1, 0.15) is 24.1 Å². The molecule has 9 heteroatoms. The molecule has 2 aromatic heterocycles. The summed E-state index contributed by atoms with van der Waals surface area (Å²) in [7, 11) is 1.57. The number of halogens is 1. The van der Waals surface area contributed by atoms with Gasteiger partial charge >= 0.3 is 0 Å². The molecule has 0 aliphatic carbocycles. The predicted molar refractivity (Wildman–Crippen MR) is 112 cm³/mol. The topological polar surface area (TPSA) is 90.5 Å². The number of rotatable bonds is 5. The van der Waals surface area contributed by atoms with Crippen LogP contribution in [0.3, 0.4) is 0 Å². The first-order valence-electron chi connectivity index (χ1n) is 8.69. The number of hydrogen-bond donors (Lipinski definition) is 1. The number of nitrogens with zero attached hydrogens (tertiary/aromatic N) is 4. The van der Waals surface area contributed by atoms with Gasteiger partial charge < -0.3 is 10.1 Å². The van der Waals surface area contributed by atoms with Crippen LogP contribution in [0.1, 0.15) is 0 Å². The van der Waals surface area contributed by atoms with Crippen molar-refractivity contribution in [1.29, 1.82) is 0 Å². The third kappa shape index (κ3) is 4.04. The summed E-state index contributed by atoms with van der Waals surface area (Å²) >= 11 is 3.39. The lowest BCUT2D eigenvalue weighted by Crippen LogP contribution is -2.30. The fourth-order valence-corrected chi connectivity index (χ4v) is 3.09. The summed E-state index contributed by atoms with van der Waals surface area (Å²) in [5, 5.41) is 11.2. The molecule has 0 radical (unpaired) electrons. The zero-order valence-electron chi connectivity index (χ0n) is 15.4. The maximum atomic E-state index is 12.7. The van der Waals surface area contributed by atoms with Gasteiger partial charge in [0.05, 0.1) is 12.8 Å². The van der Waals surface area contributed by atoms with Crippen molar-refractivity contribution >= 4 is 33.0 Å². The summed E-state index contributed by atoms with van der Waals surface area (Å²) in [4.78, 5) is 25.0. The van der Waals surface area contributed by atoms with Crippen LogP contribution in [-0.2, 0) is 11.3 Å². The van der Waals surface area contributed by atoms with Gasteiger partial charge in [0.25, 0.3) is 5.56 Å². The van der Waals surface area contributed by atoms with E-state index in [-0.39, 0.29) is 12.5 Å². The van der Waals surface area contributed by atoms with Crippen LogP contribution in [0.5, 0.6) is 5.75 Å². The van der Waals surface area contributed by atoms with Crippen LogP contribution < -0.4 is 15.6 Å². The molecular formula is C20H16BrN5O3. The van der Waals surface area contributed by atoms with Crippen molar-refractivity contribution in [3.63, 3.8) is 0 Å². The smallest absolute Gasteiger partial charge is 0.293 e. The fraction of sp³-hybridized carbons (Fsp3) is 0.100. The third-order valence-corrected chi connectivity index (χ3v) is 4.83. The van der Waals surface area contributed by atoms with Crippen LogP contribution in [0.15, 0.2) is 70.2 Å². The van der Waals surface area contributed by atoms with Gasteiger partial charge in [-0.1, -0.05) is 28.1 Å². The molecule has 0 unspecified atom stereocenters. The fourth-order valence-electron chi connectivity index (χ4n) is 2.82. The molecule has 2 heterocycles. The van der Waals surface area contributed by atoms with Crippen molar-refractivity contribution < 1.29 is 9.53 Å². The number of fused-ring (bicyclic) bond motifs is 1. The molecule has 29 heavy (non-hydrogen) atoms. The normalized spacial score (nSPS) is 10.8. The lowest BCUT2D eigenvalue weighted by molar-refractivity contribution is -0.117. The van der Waals surface area contributed by atoms with Crippen molar-refractivity contribution in [3.05, 3.63) is 75.8 Å². The number of ether oxygens (including phenoxy) is 1. The number of methoxy groups -OCH3 is 1. The second kappa shape index (κ2) is 7.88. The quantitative estimate of drug-likeness (QED) is 0.501. The Kier molecular flexibility index (Phi) is 5.13. The third-order valence-electron chi connectivity index (χ3n) is 4.30. The summed E-state index contributed by atoms with van der Waals surface area (Å²) in [6, 6.07) is 16.2. The van der Waals surface area contributed by atoms with Crippen LogP contribution in [0.4, 0.5) is 5.69 Å². The lowest BCUT2D eigenvalue weighted by Gasteiger charge is -2.07. The number of aromatic nitrogens is 4. The predicted octanol–water partition coefficient (Wildman–Crippen LogP) is 2.97. The maximum Gasteiger partial charge on any atom is 0.293 e. The number of amides is 1. The van der Waals surface area contributed by atoms with Crippen LogP contribution in [-0.4, -0.2) is 32.4 Å². The first-order chi connectivity index (χ1) is 14.0. The van der Waals surface area contributed by atoms with Crippen LogP contribution in [0.25, 0.3) is 16.8 Å². The van der Waals surface area contributed by atoms with Crippen LogP contribution >= 0.6 is 15.9 Å². The number of nitrogens with one attached hydrogen (secondary N) is 1. The molecule has 1 amide bonds. The van der Waals surface area contributed by atoms with Crippen molar-refractivity contribution in [2.75, 3.05) is 12.4 Å². The highest BCUT2D eigenvalue weighted by molar-refractivity contribution is 9.10. The highest BCUT2D eigenvalue weighted by Crippen LogP contribution is 2.21. The summed E-state index contributed by atoms with van der Waals surface area (Å²) in [5.41, 5.74) is 2.08. The van der Waals surface area contributed by atoms with Crippen molar-refractivity contribution in [3.8, 4) is 17.0 Å². The first-order valence-corrected chi connectivity index (χ1v) is 9.48. The zero-order valence-corrected chi connectivity index (χ0v) is 17.0. The van der Waals surface area contributed by atoms with E-state index < -0.39 is 5.56 Å². The van der Waals surface area contributed by atoms with E-state index in [1.807, 2.05) is 24.3 Å². The standard InChI is InChI=1S/C20H16BrN5O3/c1-29-16-8-6-15(7-9-16)23-19(27)11-25-20(28)18-10-17(24-26(18)12-22-25)13-2-4-14(21)5-3-13/h2-10,12H,11H2,1H3,(H,23,27). The van der Waals surface area contributed by atoms with E-state index in [2.05, 4.69) is 31.4 Å². The van der Waals surface area contributed by atoms with Crippen molar-refractivity contribution in [1.82, 2.24) is 19.4 Å². The lowest BCUT2D eigenvalue weighted by atomic mass is 10.1. The zero-order chi connectivity index (χ0) is 20.4. The second-order valence-electron chi connectivity index (χ2n) is 6.24. The highest BCUT2D eigenvalue weighted by Gasteiger charge is 2.12. The van der Waals surface area contributed by atoms with E-state index in [1.54, 1.807) is 37.4 Å². The minimum atomic E-state index is -0.395. The Morgan fingerprint density at radius 2 is 1.86 bits per heavy atom. The Balaban J connectivity index is 1.56. The molecule has 0 spiro atoms. The first kappa shape index (κ1) is 18.9. The van der Waals surface area contributed by atoms with E-state index in [0.29, 0.717) is 22.6 Å². The Bertz CT molecular complexity index is 1230. The molecule has 4 rings (SSSR count). The molecule has 8 nitrogen and oxygen atoms in total. The summed E-state index contributed by atoms with van der Waals surface area (Å²) < 4.78 is 8.57. The summed E-state index contributed by atoms with van der Waals surface area (Å²) in [6.45, 7) is -0.208. The number of benzene rings is 2. The molecule has 1 N–H and O–H groups in total. The molecule has 0 atom stereocenters. The molecule has 0 bridgehead atoms. The molecule has 0 fully saturated rings. The Hall–Kier alpha value is -3.46. The summed E-state index contributed by atoms with van der Waals surface area (Å²) in [5.74, 6) is 0.329. The monoisotopic (exact) mass is 453 g/mol. The Morgan fingerprint density at radius 3 is 2.55 bits per heavy atom. The molecule has 0 saturated heterocycles.